The van der Waals surface area contributed by atoms with Crippen LogP contribution in [0.5, 0.6) is 0 Å². The molecule has 0 aromatic heterocycles. The van der Waals surface area contributed by atoms with Gasteiger partial charge in [0.25, 0.3) is 0 Å². The fraction of sp³-hybridized carbons (Fsp3) is 0.500. The summed E-state index contributed by atoms with van der Waals surface area (Å²) >= 11 is 1.77. The molecular formula is C14H18N2O3S2. The van der Waals surface area contributed by atoms with Gasteiger partial charge in [0, 0.05) is 30.8 Å². The summed E-state index contributed by atoms with van der Waals surface area (Å²) in [7, 11) is -3.62. The maximum absolute atomic E-state index is 12.2. The maximum atomic E-state index is 12.2. The van der Waals surface area contributed by atoms with E-state index in [2.05, 4.69) is 4.72 Å². The number of rotatable bonds is 6. The van der Waals surface area contributed by atoms with Gasteiger partial charge in [0.2, 0.25) is 10.0 Å². The maximum Gasteiger partial charge on any atom is 0.241 e. The van der Waals surface area contributed by atoms with Crippen molar-refractivity contribution in [2.75, 3.05) is 25.5 Å². The number of thioether (sulfide) groups is 1. The van der Waals surface area contributed by atoms with Crippen molar-refractivity contribution in [3.05, 3.63) is 29.8 Å². The van der Waals surface area contributed by atoms with Crippen molar-refractivity contribution in [2.45, 2.75) is 23.0 Å². The summed E-state index contributed by atoms with van der Waals surface area (Å²) in [5.41, 5.74) is 0.169. The standard InChI is InChI=1S/C14H18N2O3S2/c15-11-12-3-1-2-4-14(12)21(17,18)16-7-10-20-13-5-8-19-9-6-13/h1-4,13,16H,5-10H2. The van der Waals surface area contributed by atoms with Gasteiger partial charge in [-0.05, 0) is 25.0 Å². The molecule has 0 spiro atoms. The Morgan fingerprint density at radius 3 is 2.76 bits per heavy atom. The topological polar surface area (TPSA) is 79.2 Å². The Morgan fingerprint density at radius 2 is 2.05 bits per heavy atom. The number of nitrogens with zero attached hydrogens (tertiary/aromatic N) is 1. The highest BCUT2D eigenvalue weighted by Gasteiger charge is 2.18. The lowest BCUT2D eigenvalue weighted by atomic mass is 10.2. The summed E-state index contributed by atoms with van der Waals surface area (Å²) in [6.45, 7) is 1.95. The Hall–Kier alpha value is -1.07. The number of nitrogens with one attached hydrogen (secondary N) is 1. The lowest BCUT2D eigenvalue weighted by molar-refractivity contribution is 0.100. The van der Waals surface area contributed by atoms with Crippen molar-refractivity contribution in [1.29, 1.82) is 5.26 Å². The van der Waals surface area contributed by atoms with Gasteiger partial charge in [0.05, 0.1) is 10.5 Å². The highest BCUT2D eigenvalue weighted by Crippen LogP contribution is 2.21. The van der Waals surface area contributed by atoms with Crippen LogP contribution in [0.2, 0.25) is 0 Å². The summed E-state index contributed by atoms with van der Waals surface area (Å²) in [5, 5.41) is 9.52. The van der Waals surface area contributed by atoms with E-state index in [4.69, 9.17) is 10.00 Å². The third-order valence-corrected chi connectivity index (χ3v) is 6.11. The first-order valence-corrected chi connectivity index (χ1v) is 9.35. The SMILES string of the molecule is N#Cc1ccccc1S(=O)(=O)NCCSC1CCOCC1. The molecule has 0 radical (unpaired) electrons. The smallest absolute Gasteiger partial charge is 0.241 e. The van der Waals surface area contributed by atoms with Crippen molar-refractivity contribution in [1.82, 2.24) is 4.72 Å². The molecule has 7 heteroatoms. The number of hydrogen-bond acceptors (Lipinski definition) is 5. The number of nitriles is 1. The molecule has 1 aliphatic heterocycles. The van der Waals surface area contributed by atoms with Gasteiger partial charge in [-0.15, -0.1) is 0 Å². The molecule has 0 amide bonds. The molecule has 1 saturated heterocycles. The molecule has 2 rings (SSSR count). The van der Waals surface area contributed by atoms with Gasteiger partial charge < -0.3 is 4.74 Å². The van der Waals surface area contributed by atoms with Crippen LogP contribution in [0.3, 0.4) is 0 Å². The van der Waals surface area contributed by atoms with Gasteiger partial charge in [0.1, 0.15) is 6.07 Å². The van der Waals surface area contributed by atoms with Crippen LogP contribution in [0.15, 0.2) is 29.2 Å². The minimum atomic E-state index is -3.62. The molecule has 0 unspecified atom stereocenters. The molecule has 0 bridgehead atoms. The number of benzene rings is 1. The summed E-state index contributed by atoms with van der Waals surface area (Å²) < 4.78 is 32.2. The lowest BCUT2D eigenvalue weighted by Crippen LogP contribution is -2.27. The molecule has 1 aromatic carbocycles. The molecule has 0 atom stereocenters. The largest absolute Gasteiger partial charge is 0.381 e. The molecule has 1 N–H and O–H groups in total. The van der Waals surface area contributed by atoms with E-state index in [1.165, 1.54) is 12.1 Å². The summed E-state index contributed by atoms with van der Waals surface area (Å²) in [6.07, 6.45) is 2.05. The second-order valence-corrected chi connectivity index (χ2v) is 7.83. The summed E-state index contributed by atoms with van der Waals surface area (Å²) in [6, 6.07) is 8.13. The van der Waals surface area contributed by atoms with E-state index >= 15 is 0 Å². The van der Waals surface area contributed by atoms with Crippen molar-refractivity contribution < 1.29 is 13.2 Å². The van der Waals surface area contributed by atoms with Gasteiger partial charge >= 0.3 is 0 Å². The predicted octanol–water partition coefficient (Wildman–Crippen LogP) is 1.75. The number of hydrogen-bond donors (Lipinski definition) is 1. The number of ether oxygens (including phenoxy) is 1. The molecule has 1 aliphatic rings. The second-order valence-electron chi connectivity index (χ2n) is 4.69. The van der Waals surface area contributed by atoms with Crippen LogP contribution < -0.4 is 4.72 Å². The Morgan fingerprint density at radius 1 is 1.33 bits per heavy atom. The van der Waals surface area contributed by atoms with Gasteiger partial charge in [-0.3, -0.25) is 0 Å². The minimum absolute atomic E-state index is 0.0450. The first-order chi connectivity index (χ1) is 10.1. The van der Waals surface area contributed by atoms with Crippen molar-refractivity contribution in [3.63, 3.8) is 0 Å². The molecule has 0 aliphatic carbocycles. The molecule has 1 aromatic rings. The zero-order valence-corrected chi connectivity index (χ0v) is 13.3. The predicted molar refractivity (Wildman–Crippen MR) is 82.6 cm³/mol. The van der Waals surface area contributed by atoms with E-state index < -0.39 is 10.0 Å². The third kappa shape index (κ3) is 4.71. The molecule has 114 valence electrons. The fourth-order valence-electron chi connectivity index (χ4n) is 2.12. The Bertz CT molecular complexity index is 605. The first kappa shape index (κ1) is 16.3. The third-order valence-electron chi connectivity index (χ3n) is 3.21. The van der Waals surface area contributed by atoms with Gasteiger partial charge in [-0.25, -0.2) is 13.1 Å². The van der Waals surface area contributed by atoms with Gasteiger partial charge in [0.15, 0.2) is 0 Å². The van der Waals surface area contributed by atoms with Gasteiger partial charge in [-0.2, -0.15) is 17.0 Å². The van der Waals surface area contributed by atoms with Crippen LogP contribution in [-0.4, -0.2) is 39.2 Å². The van der Waals surface area contributed by atoms with Crippen LogP contribution in [0.1, 0.15) is 18.4 Å². The minimum Gasteiger partial charge on any atom is -0.381 e. The molecule has 0 saturated carbocycles. The van der Waals surface area contributed by atoms with E-state index in [9.17, 15) is 8.42 Å². The van der Waals surface area contributed by atoms with Crippen molar-refractivity contribution in [2.24, 2.45) is 0 Å². The monoisotopic (exact) mass is 326 g/mol. The van der Waals surface area contributed by atoms with Crippen LogP contribution >= 0.6 is 11.8 Å². The Kier molecular flexibility index (Phi) is 6.06. The van der Waals surface area contributed by atoms with E-state index in [1.54, 1.807) is 23.9 Å². The van der Waals surface area contributed by atoms with Crippen molar-refractivity contribution in [3.8, 4) is 6.07 Å². The van der Waals surface area contributed by atoms with Crippen LogP contribution in [0.4, 0.5) is 0 Å². The normalized spacial score (nSPS) is 16.5. The summed E-state index contributed by atoms with van der Waals surface area (Å²) in [5.74, 6) is 0.721. The molecule has 5 nitrogen and oxygen atoms in total. The molecule has 1 fully saturated rings. The zero-order valence-electron chi connectivity index (χ0n) is 11.6. The van der Waals surface area contributed by atoms with Crippen LogP contribution in [0, 0.1) is 11.3 Å². The van der Waals surface area contributed by atoms with Crippen LogP contribution in [0.25, 0.3) is 0 Å². The molecular weight excluding hydrogens is 308 g/mol. The van der Waals surface area contributed by atoms with E-state index in [0.29, 0.717) is 11.8 Å². The molecule has 1 heterocycles. The Labute approximate surface area is 129 Å². The zero-order chi connectivity index (χ0) is 15.1. The highest BCUT2D eigenvalue weighted by molar-refractivity contribution is 8.00. The number of sulfonamides is 1. The Balaban J connectivity index is 1.85. The highest BCUT2D eigenvalue weighted by atomic mass is 32.2. The van der Waals surface area contributed by atoms with Crippen LogP contribution in [-0.2, 0) is 14.8 Å². The fourth-order valence-corrected chi connectivity index (χ4v) is 4.51. The lowest BCUT2D eigenvalue weighted by Gasteiger charge is -2.21. The van der Waals surface area contributed by atoms with E-state index in [-0.39, 0.29) is 10.5 Å². The second kappa shape index (κ2) is 7.80. The quantitative estimate of drug-likeness (QED) is 0.806. The van der Waals surface area contributed by atoms with Gasteiger partial charge in [-0.1, -0.05) is 12.1 Å². The van der Waals surface area contributed by atoms with E-state index in [0.717, 1.165) is 31.8 Å². The summed E-state index contributed by atoms with van der Waals surface area (Å²) in [4.78, 5) is 0.0450. The molecule has 21 heavy (non-hydrogen) atoms. The van der Waals surface area contributed by atoms with Crippen molar-refractivity contribution >= 4 is 21.8 Å². The average Bonchev–Trinajstić information content (AvgIpc) is 2.52. The first-order valence-electron chi connectivity index (χ1n) is 6.81. The average molecular weight is 326 g/mol. The van der Waals surface area contributed by atoms with E-state index in [1.807, 2.05) is 6.07 Å².